The Balaban J connectivity index is 0.000000212. The van der Waals surface area contributed by atoms with E-state index in [9.17, 15) is 0 Å². The first-order valence-corrected chi connectivity index (χ1v) is 8.39. The van der Waals surface area contributed by atoms with Crippen molar-refractivity contribution in [3.63, 3.8) is 0 Å². The van der Waals surface area contributed by atoms with Crippen LogP contribution in [0.5, 0.6) is 0 Å². The van der Waals surface area contributed by atoms with E-state index < -0.39 is 0 Å². The van der Waals surface area contributed by atoms with Crippen molar-refractivity contribution in [2.45, 2.75) is 73.6 Å². The van der Waals surface area contributed by atoms with E-state index in [1.807, 2.05) is 0 Å². The number of fused-ring (bicyclic) bond motifs is 2. The summed E-state index contributed by atoms with van der Waals surface area (Å²) in [6, 6.07) is 13.7. The van der Waals surface area contributed by atoms with E-state index in [0.29, 0.717) is 0 Å². The smallest absolute Gasteiger partial charge is 0.0273 e. The molecular formula is C23H34. The molecule has 2 aromatic rings. The minimum absolute atomic E-state index is 0. The van der Waals surface area contributed by atoms with Gasteiger partial charge in [0.15, 0.2) is 0 Å². The van der Waals surface area contributed by atoms with Crippen LogP contribution in [0.4, 0.5) is 0 Å². The molecule has 0 unspecified atom stereocenters. The molecule has 2 aromatic carbocycles. The lowest BCUT2D eigenvalue weighted by Gasteiger charge is -2.15. The van der Waals surface area contributed by atoms with Gasteiger partial charge in [-0.3, -0.25) is 0 Å². The van der Waals surface area contributed by atoms with Gasteiger partial charge in [0.1, 0.15) is 0 Å². The molecule has 0 atom stereocenters. The second kappa shape index (κ2) is 8.91. The molecule has 0 N–H and O–H groups in total. The maximum atomic E-state index is 2.34. The van der Waals surface area contributed by atoms with Gasteiger partial charge in [-0.25, -0.2) is 0 Å². The lowest BCUT2D eigenvalue weighted by molar-refractivity contribution is 0.685. The Labute approximate surface area is 144 Å². The van der Waals surface area contributed by atoms with Crippen LogP contribution in [0, 0.1) is 13.8 Å². The summed E-state index contributed by atoms with van der Waals surface area (Å²) in [6.07, 6.45) is 9.34. The Bertz CT molecular complexity index is 622. The molecule has 0 heteroatoms. The zero-order valence-corrected chi connectivity index (χ0v) is 13.4. The minimum Gasteiger partial charge on any atom is -0.0776 e. The Morgan fingerprint density at radius 2 is 0.913 bits per heavy atom. The van der Waals surface area contributed by atoms with Crippen molar-refractivity contribution < 1.29 is 0 Å². The molecule has 0 saturated carbocycles. The highest BCUT2D eigenvalue weighted by molar-refractivity contribution is 5.34. The molecule has 4 rings (SSSR count). The normalized spacial score (nSPS) is 14.3. The number of benzene rings is 2. The highest BCUT2D eigenvalue weighted by Gasteiger charge is 2.09. The summed E-state index contributed by atoms with van der Waals surface area (Å²) in [6.45, 7) is 4.34. The van der Waals surface area contributed by atoms with Crippen LogP contribution < -0.4 is 0 Å². The first kappa shape index (κ1) is 19.5. The van der Waals surface area contributed by atoms with Gasteiger partial charge in [-0.1, -0.05) is 62.4 Å². The van der Waals surface area contributed by atoms with Crippen LogP contribution in [-0.2, 0) is 25.7 Å². The molecule has 0 aromatic heterocycles. The third kappa shape index (κ3) is 4.96. The maximum absolute atomic E-state index is 2.34. The average Bonchev–Trinajstić information content (AvgIpc) is 2.95. The second-order valence-electron chi connectivity index (χ2n) is 6.60. The third-order valence-corrected chi connectivity index (χ3v) is 4.76. The van der Waals surface area contributed by atoms with Crippen LogP contribution in [0.3, 0.4) is 0 Å². The van der Waals surface area contributed by atoms with E-state index in [1.165, 1.54) is 56.1 Å². The van der Waals surface area contributed by atoms with Gasteiger partial charge in [0.25, 0.3) is 0 Å². The monoisotopic (exact) mass is 310 g/mol. The van der Waals surface area contributed by atoms with Gasteiger partial charge in [-0.15, -0.1) is 0 Å². The van der Waals surface area contributed by atoms with Crippen LogP contribution in [0.15, 0.2) is 36.4 Å². The summed E-state index contributed by atoms with van der Waals surface area (Å²) in [5.41, 5.74) is 9.15. The van der Waals surface area contributed by atoms with Crippen LogP contribution >= 0.6 is 0 Å². The molecule has 0 fully saturated rings. The molecule has 2 aliphatic carbocycles. The van der Waals surface area contributed by atoms with Crippen molar-refractivity contribution in [3.05, 3.63) is 69.8 Å². The fourth-order valence-corrected chi connectivity index (χ4v) is 3.56. The molecule has 0 amide bonds. The molecule has 0 spiro atoms. The lowest BCUT2D eigenvalue weighted by Crippen LogP contribution is -2.01. The van der Waals surface area contributed by atoms with E-state index in [2.05, 4.69) is 50.2 Å². The van der Waals surface area contributed by atoms with E-state index in [-0.39, 0.29) is 14.9 Å². The van der Waals surface area contributed by atoms with Crippen molar-refractivity contribution in [1.82, 2.24) is 0 Å². The first-order chi connectivity index (χ1) is 10.2. The predicted octanol–water partition coefficient (Wildman–Crippen LogP) is 6.63. The summed E-state index contributed by atoms with van der Waals surface area (Å²) >= 11 is 0. The maximum Gasteiger partial charge on any atom is -0.0273 e. The topological polar surface area (TPSA) is 0 Å². The van der Waals surface area contributed by atoms with Gasteiger partial charge in [-0.2, -0.15) is 0 Å². The molecule has 23 heavy (non-hydrogen) atoms. The molecule has 2 aliphatic rings. The summed E-state index contributed by atoms with van der Waals surface area (Å²) in [4.78, 5) is 0. The van der Waals surface area contributed by atoms with E-state index in [1.54, 1.807) is 22.3 Å². The predicted molar refractivity (Wildman–Crippen MR) is 104 cm³/mol. The zero-order valence-electron chi connectivity index (χ0n) is 13.4. The van der Waals surface area contributed by atoms with Crippen molar-refractivity contribution in [2.24, 2.45) is 0 Å². The molecule has 126 valence electrons. The van der Waals surface area contributed by atoms with Gasteiger partial charge in [0.05, 0.1) is 0 Å². The molecule has 0 nitrogen and oxygen atoms in total. The Morgan fingerprint density at radius 1 is 0.522 bits per heavy atom. The third-order valence-electron chi connectivity index (χ3n) is 4.76. The first-order valence-electron chi connectivity index (χ1n) is 8.39. The van der Waals surface area contributed by atoms with Gasteiger partial charge < -0.3 is 0 Å². The SMILES string of the molecule is C.C.Cc1ccc2c(c1)CCC2.Cc1ccc2c(c1)CCCC2. The standard InChI is InChI=1S/C11H14.C10H12.2CH4/c1-9-6-7-10-4-2-3-5-11(10)8-9;1-8-5-6-9-3-2-4-10(9)7-8;;/h6-8H,2-5H2,1H3;5-7H,2-4H2,1H3;2*1H4. The van der Waals surface area contributed by atoms with Crippen LogP contribution in [0.1, 0.15) is 67.5 Å². The number of aryl methyl sites for hydroxylation is 6. The van der Waals surface area contributed by atoms with Crippen LogP contribution in [-0.4, -0.2) is 0 Å². The lowest BCUT2D eigenvalue weighted by atomic mass is 9.91. The van der Waals surface area contributed by atoms with Crippen LogP contribution in [0.25, 0.3) is 0 Å². The fraction of sp³-hybridized carbons (Fsp3) is 0.478. The molecule has 0 aliphatic heterocycles. The molecular weight excluding hydrogens is 276 g/mol. The average molecular weight is 311 g/mol. The Kier molecular flexibility index (Phi) is 7.55. The second-order valence-corrected chi connectivity index (χ2v) is 6.60. The molecule has 0 radical (unpaired) electrons. The van der Waals surface area contributed by atoms with Crippen LogP contribution in [0.2, 0.25) is 0 Å². The summed E-state index contributed by atoms with van der Waals surface area (Å²) in [5, 5.41) is 0. The summed E-state index contributed by atoms with van der Waals surface area (Å²) in [5.74, 6) is 0. The quantitative estimate of drug-likeness (QED) is 0.512. The van der Waals surface area contributed by atoms with E-state index in [0.717, 1.165) is 0 Å². The van der Waals surface area contributed by atoms with Gasteiger partial charge in [0.2, 0.25) is 0 Å². The highest BCUT2D eigenvalue weighted by atomic mass is 14.1. The van der Waals surface area contributed by atoms with Crippen molar-refractivity contribution >= 4 is 0 Å². The number of rotatable bonds is 0. The fourth-order valence-electron chi connectivity index (χ4n) is 3.56. The minimum atomic E-state index is 0. The Morgan fingerprint density at radius 3 is 1.43 bits per heavy atom. The van der Waals surface area contributed by atoms with Crippen molar-refractivity contribution in [1.29, 1.82) is 0 Å². The van der Waals surface area contributed by atoms with Gasteiger partial charge in [0, 0.05) is 0 Å². The highest BCUT2D eigenvalue weighted by Crippen LogP contribution is 2.22. The zero-order chi connectivity index (χ0) is 14.7. The molecule has 0 bridgehead atoms. The summed E-state index contributed by atoms with van der Waals surface area (Å²) in [7, 11) is 0. The van der Waals surface area contributed by atoms with Gasteiger partial charge >= 0.3 is 0 Å². The van der Waals surface area contributed by atoms with E-state index in [4.69, 9.17) is 0 Å². The molecule has 0 heterocycles. The number of hydrogen-bond donors (Lipinski definition) is 0. The van der Waals surface area contributed by atoms with E-state index >= 15 is 0 Å². The van der Waals surface area contributed by atoms with Crippen molar-refractivity contribution in [3.8, 4) is 0 Å². The largest absolute Gasteiger partial charge is 0.0776 e. The van der Waals surface area contributed by atoms with Crippen molar-refractivity contribution in [2.75, 3.05) is 0 Å². The molecule has 0 saturated heterocycles. The Hall–Kier alpha value is -1.56. The number of hydrogen-bond acceptors (Lipinski definition) is 0. The summed E-state index contributed by atoms with van der Waals surface area (Å²) < 4.78 is 0. The van der Waals surface area contributed by atoms with Gasteiger partial charge in [-0.05, 0) is 81.0 Å².